The van der Waals surface area contributed by atoms with Gasteiger partial charge in [-0.2, -0.15) is 0 Å². The van der Waals surface area contributed by atoms with Gasteiger partial charge in [0.15, 0.2) is 0 Å². The van der Waals surface area contributed by atoms with Gasteiger partial charge in [-0.25, -0.2) is 4.39 Å². The third-order valence-corrected chi connectivity index (χ3v) is 4.69. The highest BCUT2D eigenvalue weighted by atomic mass is 19.1. The summed E-state index contributed by atoms with van der Waals surface area (Å²) in [5, 5.41) is 5.51. The lowest BCUT2D eigenvalue weighted by molar-refractivity contribution is 0.0936. The lowest BCUT2D eigenvalue weighted by Crippen LogP contribution is -2.36. The average molecular weight is 407 g/mol. The van der Waals surface area contributed by atoms with E-state index in [1.54, 1.807) is 36.5 Å². The molecular formula is C23H22FN3O3. The van der Waals surface area contributed by atoms with Gasteiger partial charge in [0.05, 0.1) is 0 Å². The molecule has 0 spiro atoms. The van der Waals surface area contributed by atoms with Gasteiger partial charge in [-0.1, -0.05) is 6.92 Å². The van der Waals surface area contributed by atoms with Gasteiger partial charge in [-0.3, -0.25) is 19.0 Å². The third-order valence-electron chi connectivity index (χ3n) is 4.69. The number of benzene rings is 2. The Kier molecular flexibility index (Phi) is 6.41. The molecule has 1 heterocycles. The van der Waals surface area contributed by atoms with Gasteiger partial charge in [0.1, 0.15) is 11.4 Å². The Balaban J connectivity index is 1.78. The number of carbonyl (C=O) groups is 2. The Morgan fingerprint density at radius 3 is 2.30 bits per heavy atom. The highest BCUT2D eigenvalue weighted by Crippen LogP contribution is 2.14. The molecule has 6 nitrogen and oxygen atoms in total. The van der Waals surface area contributed by atoms with Crippen LogP contribution in [0.1, 0.15) is 41.0 Å². The van der Waals surface area contributed by atoms with Crippen LogP contribution in [0.25, 0.3) is 5.69 Å². The van der Waals surface area contributed by atoms with E-state index in [-0.39, 0.29) is 17.5 Å². The maximum atomic E-state index is 13.0. The van der Waals surface area contributed by atoms with E-state index in [2.05, 4.69) is 10.6 Å². The van der Waals surface area contributed by atoms with E-state index in [0.29, 0.717) is 16.9 Å². The van der Waals surface area contributed by atoms with Crippen LogP contribution in [0.2, 0.25) is 0 Å². The first-order valence-corrected chi connectivity index (χ1v) is 9.59. The average Bonchev–Trinajstić information content (AvgIpc) is 2.74. The molecule has 2 N–H and O–H groups in total. The second kappa shape index (κ2) is 9.17. The molecule has 0 aliphatic carbocycles. The largest absolute Gasteiger partial charge is 0.349 e. The molecule has 2 amide bonds. The molecular weight excluding hydrogens is 385 g/mol. The Hall–Kier alpha value is -3.74. The van der Waals surface area contributed by atoms with Crippen LogP contribution in [0.15, 0.2) is 71.7 Å². The van der Waals surface area contributed by atoms with E-state index >= 15 is 0 Å². The van der Waals surface area contributed by atoms with Crippen molar-refractivity contribution in [1.29, 1.82) is 0 Å². The first-order chi connectivity index (χ1) is 14.4. The van der Waals surface area contributed by atoms with Crippen molar-refractivity contribution in [3.63, 3.8) is 0 Å². The zero-order valence-electron chi connectivity index (χ0n) is 16.7. The lowest BCUT2D eigenvalue weighted by Gasteiger charge is -2.13. The van der Waals surface area contributed by atoms with Crippen LogP contribution in [0.5, 0.6) is 0 Å². The molecule has 1 atom stereocenters. The molecule has 30 heavy (non-hydrogen) atoms. The zero-order valence-corrected chi connectivity index (χ0v) is 16.7. The SMILES string of the molecule is CC[C@@H](C)NC(=O)c1cccn(-c2ccc(NC(=O)c3ccc(F)cc3)cc2)c1=O. The molecule has 0 aliphatic rings. The number of hydrogen-bond acceptors (Lipinski definition) is 3. The molecule has 0 radical (unpaired) electrons. The fourth-order valence-corrected chi connectivity index (χ4v) is 2.78. The molecule has 7 heteroatoms. The van der Waals surface area contributed by atoms with Crippen molar-refractivity contribution in [3.05, 3.63) is 94.2 Å². The molecule has 0 saturated heterocycles. The number of nitrogens with one attached hydrogen (secondary N) is 2. The normalized spacial score (nSPS) is 11.6. The molecule has 0 bridgehead atoms. The Bertz CT molecular complexity index is 1110. The predicted molar refractivity (Wildman–Crippen MR) is 114 cm³/mol. The van der Waals surface area contributed by atoms with E-state index in [0.717, 1.165) is 6.42 Å². The number of rotatable bonds is 6. The fourth-order valence-electron chi connectivity index (χ4n) is 2.78. The summed E-state index contributed by atoms with van der Waals surface area (Å²) < 4.78 is 14.4. The van der Waals surface area contributed by atoms with Crippen molar-refractivity contribution in [2.75, 3.05) is 5.32 Å². The van der Waals surface area contributed by atoms with Gasteiger partial charge in [0.25, 0.3) is 17.4 Å². The maximum Gasteiger partial charge on any atom is 0.267 e. The van der Waals surface area contributed by atoms with Crippen molar-refractivity contribution >= 4 is 17.5 Å². The van der Waals surface area contributed by atoms with E-state index < -0.39 is 17.3 Å². The van der Waals surface area contributed by atoms with Crippen LogP contribution >= 0.6 is 0 Å². The molecule has 2 aromatic carbocycles. The smallest absolute Gasteiger partial charge is 0.267 e. The summed E-state index contributed by atoms with van der Waals surface area (Å²) in [6, 6.07) is 15.0. The minimum Gasteiger partial charge on any atom is -0.349 e. The van der Waals surface area contributed by atoms with Gasteiger partial charge in [-0.05, 0) is 74.0 Å². The first-order valence-electron chi connectivity index (χ1n) is 9.59. The van der Waals surface area contributed by atoms with E-state index in [9.17, 15) is 18.8 Å². The Labute approximate surface area is 173 Å². The molecule has 0 unspecified atom stereocenters. The van der Waals surface area contributed by atoms with Crippen LogP contribution in [0, 0.1) is 5.82 Å². The van der Waals surface area contributed by atoms with Gasteiger partial charge < -0.3 is 10.6 Å². The minimum atomic E-state index is -0.429. The molecule has 0 fully saturated rings. The molecule has 1 aromatic heterocycles. The van der Waals surface area contributed by atoms with Crippen molar-refractivity contribution in [2.45, 2.75) is 26.3 Å². The van der Waals surface area contributed by atoms with Crippen molar-refractivity contribution in [3.8, 4) is 5.69 Å². The van der Waals surface area contributed by atoms with Gasteiger partial charge >= 0.3 is 0 Å². The summed E-state index contributed by atoms with van der Waals surface area (Å²) >= 11 is 0. The van der Waals surface area contributed by atoms with Crippen LogP contribution in [0.4, 0.5) is 10.1 Å². The monoisotopic (exact) mass is 407 g/mol. The van der Waals surface area contributed by atoms with E-state index in [1.807, 2.05) is 13.8 Å². The topological polar surface area (TPSA) is 80.2 Å². The molecule has 3 aromatic rings. The van der Waals surface area contributed by atoms with Crippen molar-refractivity contribution in [2.24, 2.45) is 0 Å². The maximum absolute atomic E-state index is 13.0. The second-order valence-corrected chi connectivity index (χ2v) is 6.89. The third kappa shape index (κ3) is 4.81. The highest BCUT2D eigenvalue weighted by Gasteiger charge is 2.14. The number of halogens is 1. The molecule has 3 rings (SSSR count). The van der Waals surface area contributed by atoms with Gasteiger partial charge in [0, 0.05) is 29.2 Å². The predicted octanol–water partition coefficient (Wildman–Crippen LogP) is 3.76. The van der Waals surface area contributed by atoms with E-state index in [4.69, 9.17) is 0 Å². The second-order valence-electron chi connectivity index (χ2n) is 6.89. The standard InChI is InChI=1S/C23H22FN3O3/c1-3-15(2)25-22(29)20-5-4-14-27(23(20)30)19-12-10-18(11-13-19)26-21(28)16-6-8-17(24)9-7-16/h4-15H,3H2,1-2H3,(H,25,29)(H,26,28)/t15-/m1/s1. The summed E-state index contributed by atoms with van der Waals surface area (Å²) in [6.45, 7) is 3.82. The van der Waals surface area contributed by atoms with Crippen molar-refractivity contribution < 1.29 is 14.0 Å². The summed E-state index contributed by atoms with van der Waals surface area (Å²) in [5.41, 5.74) is 1.04. The highest BCUT2D eigenvalue weighted by molar-refractivity contribution is 6.04. The minimum absolute atomic E-state index is 0.0328. The summed E-state index contributed by atoms with van der Waals surface area (Å²) in [6.07, 6.45) is 2.34. The fraction of sp³-hybridized carbons (Fsp3) is 0.174. The lowest BCUT2D eigenvalue weighted by atomic mass is 10.2. The van der Waals surface area contributed by atoms with Crippen molar-refractivity contribution in [1.82, 2.24) is 9.88 Å². The number of hydrogen-bond donors (Lipinski definition) is 2. The summed E-state index contributed by atoms with van der Waals surface area (Å²) in [7, 11) is 0. The number of aromatic nitrogens is 1. The Morgan fingerprint density at radius 1 is 1.00 bits per heavy atom. The Morgan fingerprint density at radius 2 is 1.67 bits per heavy atom. The number of carbonyl (C=O) groups excluding carboxylic acids is 2. The number of pyridine rings is 1. The number of nitrogens with zero attached hydrogens (tertiary/aromatic N) is 1. The number of anilines is 1. The van der Waals surface area contributed by atoms with E-state index in [1.165, 1.54) is 34.9 Å². The summed E-state index contributed by atoms with van der Waals surface area (Å²) in [5.74, 6) is -1.20. The first kappa shape index (κ1) is 21.0. The molecule has 154 valence electrons. The molecule has 0 aliphatic heterocycles. The quantitative estimate of drug-likeness (QED) is 0.653. The zero-order chi connectivity index (χ0) is 21.7. The van der Waals surface area contributed by atoms with Crippen LogP contribution in [0.3, 0.4) is 0 Å². The van der Waals surface area contributed by atoms with Gasteiger partial charge in [-0.15, -0.1) is 0 Å². The number of amides is 2. The van der Waals surface area contributed by atoms with Crippen LogP contribution in [-0.4, -0.2) is 22.4 Å². The van der Waals surface area contributed by atoms with Crippen LogP contribution < -0.4 is 16.2 Å². The van der Waals surface area contributed by atoms with Gasteiger partial charge in [0.2, 0.25) is 0 Å². The molecule has 0 saturated carbocycles. The summed E-state index contributed by atoms with van der Waals surface area (Å²) in [4.78, 5) is 37.3. The van der Waals surface area contributed by atoms with Crippen LogP contribution in [-0.2, 0) is 0 Å².